The van der Waals surface area contributed by atoms with Gasteiger partial charge in [-0.15, -0.1) is 39.9 Å². The van der Waals surface area contributed by atoms with Crippen molar-refractivity contribution in [3.05, 3.63) is 95.2 Å². The van der Waals surface area contributed by atoms with Gasteiger partial charge in [0.05, 0.1) is 13.2 Å². The molecule has 3 aromatic heterocycles. The van der Waals surface area contributed by atoms with E-state index < -0.39 is 18.0 Å². The Labute approximate surface area is 309 Å². The Hall–Kier alpha value is -4.17. The number of aliphatic hydroxyl groups is 1. The first kappa shape index (κ1) is 37.1. The second-order valence-electron chi connectivity index (χ2n) is 13.4. The molecule has 0 radical (unpaired) electrons. The third-order valence-corrected chi connectivity index (χ3v) is 10.2. The van der Waals surface area contributed by atoms with Crippen LogP contribution in [0.1, 0.15) is 103 Å². The van der Waals surface area contributed by atoms with E-state index in [0.29, 0.717) is 51.6 Å². The van der Waals surface area contributed by atoms with Gasteiger partial charge < -0.3 is 34.8 Å². The summed E-state index contributed by atoms with van der Waals surface area (Å²) >= 11 is 0. The molecule has 3 aliphatic rings. The Morgan fingerprint density at radius 3 is 2.36 bits per heavy atom. The average Bonchev–Trinajstić information content (AvgIpc) is 3.80. The van der Waals surface area contributed by atoms with E-state index in [2.05, 4.69) is 19.8 Å². The molecule has 1 N–H and O–H groups in total. The van der Waals surface area contributed by atoms with Crippen molar-refractivity contribution in [2.24, 2.45) is 17.8 Å². The van der Waals surface area contributed by atoms with Crippen molar-refractivity contribution >= 4 is 58.8 Å². The molecule has 5 heterocycles. The van der Waals surface area contributed by atoms with Crippen LogP contribution < -0.4 is 25.7 Å². The predicted octanol–water partition coefficient (Wildman–Crippen LogP) is 4.13. The van der Waals surface area contributed by atoms with E-state index in [1.54, 1.807) is 0 Å². The maximum Gasteiger partial charge on any atom is 2.00 e. The van der Waals surface area contributed by atoms with Gasteiger partial charge in [-0.05, 0) is 70.9 Å². The van der Waals surface area contributed by atoms with Gasteiger partial charge in [0.25, 0.3) is 0 Å². The van der Waals surface area contributed by atoms with Crippen molar-refractivity contribution in [2.75, 3.05) is 13.7 Å². The number of aliphatic hydroxyl groups excluding tert-OH is 1. The number of allylic oxidation sites excluding steroid dienone is 3. The van der Waals surface area contributed by atoms with Crippen LogP contribution in [-0.2, 0) is 25.5 Å². The second-order valence-corrected chi connectivity index (χ2v) is 13.4. The van der Waals surface area contributed by atoms with Crippen LogP contribution in [0.25, 0.3) is 29.1 Å². The van der Waals surface area contributed by atoms with Crippen LogP contribution in [0.15, 0.2) is 23.0 Å². The number of aromatic nitrogens is 3. The number of hydrogen-bond donors (Lipinski definition) is 1. The van der Waals surface area contributed by atoms with Gasteiger partial charge in [0.15, 0.2) is 0 Å². The zero-order valence-corrected chi connectivity index (χ0v) is 31.5. The van der Waals surface area contributed by atoms with E-state index in [-0.39, 0.29) is 53.9 Å². The third kappa shape index (κ3) is 6.31. The number of carbonyl (C=O) groups is 2. The molecule has 0 unspecified atom stereocenters. The molecule has 1 saturated heterocycles. The number of carbonyl (C=O) groups excluding carboxylic acids is 2. The van der Waals surface area contributed by atoms with Gasteiger partial charge in [-0.1, -0.05) is 71.4 Å². The van der Waals surface area contributed by atoms with Crippen molar-refractivity contribution in [3.63, 3.8) is 0 Å². The quantitative estimate of drug-likeness (QED) is 0.171. The molecule has 9 nitrogen and oxygen atoms in total. The Bertz CT molecular complexity index is 2130. The SMILES string of the molecule is C#Cc1c2[n-]c(c1C)/C=C1\[N-]/C(=C3\c4[n-]c(c(C)c4[C@H](O)[C@@H]3C(=O)OC)/C=c3\[n-]/c(c(C)c3CC)=C\2)[C@@H](CCC(=O)OCC=C(C)C)[C@@H]1C.[Mg+2]. The molecule has 8 bridgehead atoms. The Morgan fingerprint density at radius 1 is 1.00 bits per heavy atom. The average molecular weight is 683 g/mol. The molecule has 4 atom stereocenters. The first-order valence-corrected chi connectivity index (χ1v) is 16.8. The molecule has 0 aromatic carbocycles. The third-order valence-electron chi connectivity index (χ3n) is 10.2. The fourth-order valence-electron chi connectivity index (χ4n) is 7.39. The van der Waals surface area contributed by atoms with Gasteiger partial charge >= 0.3 is 35.0 Å². The van der Waals surface area contributed by atoms with E-state index in [4.69, 9.17) is 36.2 Å². The number of fused-ring (bicyclic) bond motifs is 7. The number of ether oxygens (including phenoxy) is 2. The molecule has 0 saturated carbocycles. The van der Waals surface area contributed by atoms with E-state index >= 15 is 0 Å². The van der Waals surface area contributed by atoms with Gasteiger partial charge in [-0.2, -0.15) is 11.4 Å². The molecule has 0 amide bonds. The summed E-state index contributed by atoms with van der Waals surface area (Å²) in [6.07, 6.45) is 13.8. The molecule has 1 aliphatic carbocycles. The van der Waals surface area contributed by atoms with Crippen LogP contribution in [0, 0.1) is 50.9 Å². The molecule has 0 spiro atoms. The Balaban J connectivity index is 0.00000486. The summed E-state index contributed by atoms with van der Waals surface area (Å²) in [6, 6.07) is 0. The summed E-state index contributed by atoms with van der Waals surface area (Å²) < 4.78 is 10.7. The summed E-state index contributed by atoms with van der Waals surface area (Å²) in [5.74, 6) is 0.444. The summed E-state index contributed by atoms with van der Waals surface area (Å²) in [7, 11) is 1.31. The zero-order valence-electron chi connectivity index (χ0n) is 30.1. The van der Waals surface area contributed by atoms with Crippen molar-refractivity contribution in [1.29, 1.82) is 0 Å². The van der Waals surface area contributed by atoms with Crippen LogP contribution in [0.2, 0.25) is 0 Å². The van der Waals surface area contributed by atoms with Crippen molar-refractivity contribution in [2.45, 2.75) is 73.8 Å². The molecular formula is C40H42MgN4O5-2. The van der Waals surface area contributed by atoms with Gasteiger partial charge in [0.1, 0.15) is 12.5 Å². The molecule has 10 heteroatoms. The summed E-state index contributed by atoms with van der Waals surface area (Å²) in [5.41, 5.74) is 10.5. The fourth-order valence-corrected chi connectivity index (χ4v) is 7.39. The minimum Gasteiger partial charge on any atom is -0.664 e. The Morgan fingerprint density at radius 2 is 1.70 bits per heavy atom. The molecule has 3 aromatic rings. The largest absolute Gasteiger partial charge is 2.00 e. The maximum absolute atomic E-state index is 13.4. The number of terminal acetylenes is 1. The minimum absolute atomic E-state index is 0. The van der Waals surface area contributed by atoms with Crippen molar-refractivity contribution < 1.29 is 24.2 Å². The predicted molar refractivity (Wildman–Crippen MR) is 194 cm³/mol. The monoisotopic (exact) mass is 682 g/mol. The standard InChI is InChI=1S/C40H42N4O5.Mg/c1-10-24-20(5)27-16-29-22(7)26(12-13-33(45)49-15-14-19(3)4)37(43-29)35-36(40(47)48-9)39(46)34-23(8)30(44-38(34)35)18-32-25(11-2)21(6)28(42-32)17-31(24)41-27;/h1,14,16-18,22,26,36,39,46H,11-13,15H2,2-9H3;/q-4;+2/b28-17-,29-16-,32-18-,37-35-;/t22-,26-,36+,39-;/m0./s1. The van der Waals surface area contributed by atoms with Gasteiger partial charge in [0.2, 0.25) is 0 Å². The van der Waals surface area contributed by atoms with Gasteiger partial charge in [-0.25, -0.2) is 0 Å². The van der Waals surface area contributed by atoms with Crippen LogP contribution >= 0.6 is 0 Å². The molecule has 6 rings (SSSR count). The Kier molecular flexibility index (Phi) is 10.8. The molecular weight excluding hydrogens is 641 g/mol. The van der Waals surface area contributed by atoms with Crippen LogP contribution in [0.3, 0.4) is 0 Å². The first-order valence-electron chi connectivity index (χ1n) is 16.8. The van der Waals surface area contributed by atoms with Crippen LogP contribution in [0.4, 0.5) is 0 Å². The fraction of sp³-hybridized carbons (Fsp3) is 0.400. The van der Waals surface area contributed by atoms with Gasteiger partial charge in [-0.3, -0.25) is 9.59 Å². The van der Waals surface area contributed by atoms with Crippen LogP contribution in [-0.4, -0.2) is 53.8 Å². The number of methoxy groups -OCH3 is 1. The smallest absolute Gasteiger partial charge is 0.664 e. The minimum atomic E-state index is -1.18. The topological polar surface area (TPSA) is 129 Å². The number of hydrogen-bond acceptors (Lipinski definition) is 5. The summed E-state index contributed by atoms with van der Waals surface area (Å²) in [6.45, 7) is 14.2. The van der Waals surface area contributed by atoms with Gasteiger partial charge in [0, 0.05) is 12.0 Å². The molecule has 2 aliphatic heterocycles. The second kappa shape index (κ2) is 14.6. The van der Waals surface area contributed by atoms with Crippen LogP contribution in [0.5, 0.6) is 0 Å². The summed E-state index contributed by atoms with van der Waals surface area (Å²) in [4.78, 5) is 41.4. The van der Waals surface area contributed by atoms with Crippen molar-refractivity contribution in [3.8, 4) is 12.3 Å². The van der Waals surface area contributed by atoms with E-state index in [1.165, 1.54) is 7.11 Å². The van der Waals surface area contributed by atoms with Crippen molar-refractivity contribution in [1.82, 2.24) is 15.0 Å². The van der Waals surface area contributed by atoms with E-state index in [0.717, 1.165) is 50.6 Å². The maximum atomic E-state index is 13.4. The first-order chi connectivity index (χ1) is 23.4. The molecule has 1 fully saturated rings. The molecule has 50 heavy (non-hydrogen) atoms. The van der Waals surface area contributed by atoms with E-state index in [9.17, 15) is 14.7 Å². The number of esters is 2. The number of nitrogens with zero attached hydrogens (tertiary/aromatic N) is 4. The number of rotatable bonds is 7. The normalized spacial score (nSPS) is 24.0. The summed E-state index contributed by atoms with van der Waals surface area (Å²) in [5, 5.41) is 18.5. The van der Waals surface area contributed by atoms with E-state index in [1.807, 2.05) is 58.9 Å². The zero-order chi connectivity index (χ0) is 35.3. The molecule has 256 valence electrons.